The second-order valence-electron chi connectivity index (χ2n) is 10.9. The Hall–Kier alpha value is -1.41. The predicted octanol–water partition coefficient (Wildman–Crippen LogP) is 0.789. The van der Waals surface area contributed by atoms with Crippen molar-refractivity contribution in [1.82, 2.24) is 0 Å². The summed E-state index contributed by atoms with van der Waals surface area (Å²) in [5, 5.41) is 34.5. The molecule has 2 spiro atoms. The maximum atomic E-state index is 14.0. The molecule has 0 radical (unpaired) electrons. The number of hydrogen-bond donors (Lipinski definition) is 3. The Bertz CT molecular complexity index is 864. The molecule has 6 aliphatic rings. The first kappa shape index (κ1) is 20.5. The number of ether oxygens (including phenoxy) is 1. The summed E-state index contributed by atoms with van der Waals surface area (Å²) in [6.45, 7) is 7.73. The molecule has 164 valence electrons. The van der Waals surface area contributed by atoms with Crippen LogP contribution in [0.3, 0.4) is 0 Å². The molecule has 0 aromatic heterocycles. The smallest absolute Gasteiger partial charge is 0.208 e. The van der Waals surface area contributed by atoms with Crippen LogP contribution in [-0.4, -0.2) is 57.8 Å². The lowest BCUT2D eigenvalue weighted by Gasteiger charge is -2.73. The minimum absolute atomic E-state index is 0.0887. The van der Waals surface area contributed by atoms with E-state index in [0.717, 1.165) is 6.29 Å². The van der Waals surface area contributed by atoms with E-state index in [1.165, 1.54) is 0 Å². The average Bonchev–Trinajstić information content (AvgIpc) is 2.80. The van der Waals surface area contributed by atoms with Gasteiger partial charge in [0.25, 0.3) is 0 Å². The summed E-state index contributed by atoms with van der Waals surface area (Å²) in [6, 6.07) is 0. The number of carbonyl (C=O) groups is 3. The predicted molar refractivity (Wildman–Crippen MR) is 104 cm³/mol. The van der Waals surface area contributed by atoms with Gasteiger partial charge in [0.15, 0.2) is 5.78 Å². The van der Waals surface area contributed by atoms with E-state index in [4.69, 9.17) is 4.74 Å². The Morgan fingerprint density at radius 2 is 1.90 bits per heavy atom. The van der Waals surface area contributed by atoms with E-state index in [-0.39, 0.29) is 24.4 Å². The number of ketones is 2. The number of aliphatic hydroxyl groups is 3. The number of carbonyl (C=O) groups excluding carboxylic acids is 3. The molecule has 0 aromatic rings. The van der Waals surface area contributed by atoms with E-state index in [0.29, 0.717) is 25.7 Å². The fourth-order valence-electron chi connectivity index (χ4n) is 8.49. The minimum atomic E-state index is -2.26. The van der Waals surface area contributed by atoms with Crippen molar-refractivity contribution in [2.75, 3.05) is 6.61 Å². The summed E-state index contributed by atoms with van der Waals surface area (Å²) in [6.07, 6.45) is 0.205. The molecule has 9 atom stereocenters. The quantitative estimate of drug-likeness (QED) is 0.458. The van der Waals surface area contributed by atoms with Crippen molar-refractivity contribution in [2.24, 2.45) is 39.9 Å². The van der Waals surface area contributed by atoms with Gasteiger partial charge in [0, 0.05) is 24.2 Å². The Morgan fingerprint density at radius 3 is 2.57 bits per heavy atom. The van der Waals surface area contributed by atoms with E-state index in [1.54, 1.807) is 0 Å². The first-order valence-corrected chi connectivity index (χ1v) is 11.0. The highest BCUT2D eigenvalue weighted by Gasteiger charge is 2.87. The third-order valence-corrected chi connectivity index (χ3v) is 9.37. The lowest BCUT2D eigenvalue weighted by atomic mass is 9.35. The number of aliphatic hydroxyl groups excluding tert-OH is 2. The van der Waals surface area contributed by atoms with Gasteiger partial charge in [0.2, 0.25) is 5.79 Å². The van der Waals surface area contributed by atoms with Gasteiger partial charge in [-0.2, -0.15) is 0 Å². The van der Waals surface area contributed by atoms with Crippen LogP contribution in [0, 0.1) is 39.9 Å². The van der Waals surface area contributed by atoms with E-state index in [2.05, 4.69) is 6.58 Å². The molecule has 2 heterocycles. The van der Waals surface area contributed by atoms with Gasteiger partial charge in [-0.15, -0.1) is 0 Å². The molecular weight excluding hydrogens is 388 g/mol. The van der Waals surface area contributed by atoms with Crippen molar-refractivity contribution in [3.05, 3.63) is 12.2 Å². The summed E-state index contributed by atoms with van der Waals surface area (Å²) in [5.41, 5.74) is -3.25. The van der Waals surface area contributed by atoms with Crippen LogP contribution in [0.5, 0.6) is 0 Å². The lowest BCUT2D eigenvalue weighted by molar-refractivity contribution is -0.438. The van der Waals surface area contributed by atoms with Gasteiger partial charge in [-0.3, -0.25) is 9.59 Å². The van der Waals surface area contributed by atoms with Crippen LogP contribution in [-0.2, 0) is 19.1 Å². The van der Waals surface area contributed by atoms with Crippen LogP contribution >= 0.6 is 0 Å². The minimum Gasteiger partial charge on any atom is -0.391 e. The highest BCUT2D eigenvalue weighted by atomic mass is 16.6. The van der Waals surface area contributed by atoms with Gasteiger partial charge >= 0.3 is 0 Å². The molecule has 6 fully saturated rings. The van der Waals surface area contributed by atoms with Crippen LogP contribution in [0.1, 0.15) is 46.0 Å². The third kappa shape index (κ3) is 1.87. The van der Waals surface area contributed by atoms with Crippen molar-refractivity contribution in [2.45, 2.75) is 63.9 Å². The summed E-state index contributed by atoms with van der Waals surface area (Å²) in [5.74, 6) is -4.98. The number of Topliss-reactive ketones (excluding diaryl/α,β-unsaturated/α-hetero) is 2. The highest BCUT2D eigenvalue weighted by molar-refractivity contribution is 6.06. The van der Waals surface area contributed by atoms with E-state index < -0.39 is 63.7 Å². The maximum absolute atomic E-state index is 14.0. The molecule has 0 aromatic carbocycles. The second kappa shape index (κ2) is 5.88. The second-order valence-corrected chi connectivity index (χ2v) is 10.9. The van der Waals surface area contributed by atoms with Crippen LogP contribution in [0.4, 0.5) is 0 Å². The normalized spacial score (nSPS) is 53.4. The highest BCUT2D eigenvalue weighted by Crippen LogP contribution is 2.76. The molecular formula is C23H30O7. The van der Waals surface area contributed by atoms with Crippen molar-refractivity contribution in [3.8, 4) is 0 Å². The summed E-state index contributed by atoms with van der Waals surface area (Å²) in [7, 11) is 0. The third-order valence-electron chi connectivity index (χ3n) is 9.37. The summed E-state index contributed by atoms with van der Waals surface area (Å²) in [4.78, 5) is 38.5. The van der Waals surface area contributed by atoms with Crippen molar-refractivity contribution in [3.63, 3.8) is 0 Å². The molecule has 4 bridgehead atoms. The lowest BCUT2D eigenvalue weighted by Crippen LogP contribution is -2.85. The number of hydrogen-bond acceptors (Lipinski definition) is 7. The van der Waals surface area contributed by atoms with Crippen LogP contribution in [0.25, 0.3) is 0 Å². The van der Waals surface area contributed by atoms with E-state index in [1.807, 2.05) is 13.8 Å². The SMILES string of the molecule is C=C1C(=O)C23[C@H](O)[C@H]1CC[C@H]2[C@@]12CO[C@@]3(O)[C@@H](O)[C@@H]1C(C)(C)C[C@@H](CCC=O)C2=O. The van der Waals surface area contributed by atoms with Gasteiger partial charge < -0.3 is 24.9 Å². The fraction of sp³-hybridized carbons (Fsp3) is 0.783. The summed E-state index contributed by atoms with van der Waals surface area (Å²) < 4.78 is 5.83. The molecule has 7 nitrogen and oxygen atoms in total. The first-order valence-electron chi connectivity index (χ1n) is 11.0. The van der Waals surface area contributed by atoms with Gasteiger partial charge in [-0.1, -0.05) is 20.4 Å². The fourth-order valence-corrected chi connectivity index (χ4v) is 8.49. The zero-order chi connectivity index (χ0) is 21.9. The van der Waals surface area contributed by atoms with Crippen LogP contribution < -0.4 is 0 Å². The molecule has 4 saturated carbocycles. The maximum Gasteiger partial charge on any atom is 0.208 e. The zero-order valence-corrected chi connectivity index (χ0v) is 17.5. The molecule has 30 heavy (non-hydrogen) atoms. The summed E-state index contributed by atoms with van der Waals surface area (Å²) >= 11 is 0. The monoisotopic (exact) mass is 418 g/mol. The molecule has 2 saturated heterocycles. The molecule has 7 heteroatoms. The Morgan fingerprint density at radius 1 is 1.20 bits per heavy atom. The van der Waals surface area contributed by atoms with Crippen molar-refractivity contribution in [1.29, 1.82) is 0 Å². The Balaban J connectivity index is 1.75. The molecule has 6 rings (SSSR count). The van der Waals surface area contributed by atoms with Gasteiger partial charge in [-0.25, -0.2) is 0 Å². The standard InChI is InChI=1S/C23H30O7/c1-11-13-6-7-14-21-10-30-23(29,22(14,16(11)25)18(13)27)19(28)15(21)20(2,3)9-12(17(21)26)5-4-8-24/h8,12-15,18-19,27-29H,1,4-7,9-10H2,2-3H3/t12-,13+,14+,15-,18-,19+,21+,22?,23+/m1/s1. The van der Waals surface area contributed by atoms with Crippen molar-refractivity contribution < 1.29 is 34.4 Å². The molecule has 4 aliphatic carbocycles. The number of fused-ring (bicyclic) bond motifs is 2. The largest absolute Gasteiger partial charge is 0.391 e. The average molecular weight is 418 g/mol. The first-order chi connectivity index (χ1) is 14.0. The molecule has 1 unspecified atom stereocenters. The van der Waals surface area contributed by atoms with Gasteiger partial charge in [0.1, 0.15) is 23.6 Å². The van der Waals surface area contributed by atoms with E-state index >= 15 is 0 Å². The number of rotatable bonds is 3. The van der Waals surface area contributed by atoms with Crippen LogP contribution in [0.2, 0.25) is 0 Å². The Kier molecular flexibility index (Phi) is 4.02. The Labute approximate surface area is 175 Å². The van der Waals surface area contributed by atoms with E-state index in [9.17, 15) is 29.7 Å². The molecule has 3 N–H and O–H groups in total. The van der Waals surface area contributed by atoms with Gasteiger partial charge in [-0.05, 0) is 42.6 Å². The van der Waals surface area contributed by atoms with Crippen LogP contribution in [0.15, 0.2) is 12.2 Å². The van der Waals surface area contributed by atoms with Gasteiger partial charge in [0.05, 0.1) is 18.1 Å². The zero-order valence-electron chi connectivity index (χ0n) is 17.5. The topological polar surface area (TPSA) is 121 Å². The number of aldehydes is 1. The van der Waals surface area contributed by atoms with Crippen molar-refractivity contribution >= 4 is 17.9 Å². The molecule has 2 aliphatic heterocycles. The molecule has 0 amide bonds.